The van der Waals surface area contributed by atoms with E-state index in [0.717, 1.165) is 15.4 Å². The Morgan fingerprint density at radius 2 is 1.36 bits per heavy atom. The maximum atomic E-state index is 14.3. The highest BCUT2D eigenvalue weighted by Gasteiger charge is 2.34. The molecular weight excluding hydrogens is 570 g/mol. The van der Waals surface area contributed by atoms with E-state index in [4.69, 9.17) is 11.6 Å². The molecule has 218 valence electrons. The third kappa shape index (κ3) is 7.99. The molecule has 4 aromatic carbocycles. The molecule has 7 nitrogen and oxygen atoms in total. The zero-order valence-electron chi connectivity index (χ0n) is 23.6. The van der Waals surface area contributed by atoms with Gasteiger partial charge in [0.1, 0.15) is 12.6 Å². The Morgan fingerprint density at radius 3 is 1.93 bits per heavy atom. The molecular formula is C33H34ClN3O4S. The first kappa shape index (κ1) is 30.8. The SMILES string of the molecule is CC(C)NC(=O)[C@@H](Cc1ccccc1)N(Cc1ccccc1)C(=O)CN(c1cccc(Cl)c1)S(=O)(=O)c1ccccc1. The van der Waals surface area contributed by atoms with E-state index in [0.29, 0.717) is 5.02 Å². The lowest BCUT2D eigenvalue weighted by atomic mass is 10.0. The Bertz CT molecular complexity index is 1580. The Labute approximate surface area is 252 Å². The molecule has 1 N–H and O–H groups in total. The summed E-state index contributed by atoms with van der Waals surface area (Å²) in [4.78, 5) is 29.5. The number of benzene rings is 4. The molecule has 0 aliphatic heterocycles. The second-order valence-corrected chi connectivity index (χ2v) is 12.5. The van der Waals surface area contributed by atoms with Crippen LogP contribution in [0.5, 0.6) is 0 Å². The van der Waals surface area contributed by atoms with E-state index >= 15 is 0 Å². The van der Waals surface area contributed by atoms with Crippen molar-refractivity contribution < 1.29 is 18.0 Å². The fourth-order valence-corrected chi connectivity index (χ4v) is 6.21. The third-order valence-corrected chi connectivity index (χ3v) is 8.63. The highest BCUT2D eigenvalue weighted by Crippen LogP contribution is 2.27. The van der Waals surface area contributed by atoms with E-state index in [-0.39, 0.29) is 35.5 Å². The summed E-state index contributed by atoms with van der Waals surface area (Å²) in [7, 11) is -4.17. The molecule has 0 fully saturated rings. The lowest BCUT2D eigenvalue weighted by Gasteiger charge is -2.34. The number of amides is 2. The van der Waals surface area contributed by atoms with Crippen molar-refractivity contribution in [2.45, 2.75) is 43.8 Å². The third-order valence-electron chi connectivity index (χ3n) is 6.60. The molecule has 4 aromatic rings. The fourth-order valence-electron chi connectivity index (χ4n) is 4.59. The molecule has 0 radical (unpaired) electrons. The van der Waals surface area contributed by atoms with Crippen LogP contribution in [0, 0.1) is 0 Å². The molecule has 0 aliphatic rings. The van der Waals surface area contributed by atoms with Gasteiger partial charge in [-0.2, -0.15) is 0 Å². The molecule has 0 heterocycles. The van der Waals surface area contributed by atoms with Crippen molar-refractivity contribution in [3.63, 3.8) is 0 Å². The molecule has 1 atom stereocenters. The van der Waals surface area contributed by atoms with E-state index in [1.807, 2.05) is 74.5 Å². The summed E-state index contributed by atoms with van der Waals surface area (Å²) >= 11 is 6.25. The fraction of sp³-hybridized carbons (Fsp3) is 0.212. The predicted molar refractivity (Wildman–Crippen MR) is 167 cm³/mol. The number of rotatable bonds is 12. The second-order valence-electron chi connectivity index (χ2n) is 10.2. The van der Waals surface area contributed by atoms with Crippen LogP contribution in [0.25, 0.3) is 0 Å². The zero-order chi connectivity index (χ0) is 30.1. The van der Waals surface area contributed by atoms with Gasteiger partial charge in [-0.15, -0.1) is 0 Å². The number of nitrogens with zero attached hydrogens (tertiary/aromatic N) is 2. The maximum absolute atomic E-state index is 14.3. The van der Waals surface area contributed by atoms with Crippen LogP contribution in [0.3, 0.4) is 0 Å². The number of carbonyl (C=O) groups excluding carboxylic acids is 2. The standard InChI is InChI=1S/C33H34ClN3O4S/c1-25(2)35-33(39)31(21-26-13-6-3-7-14-26)36(23-27-15-8-4-9-16-27)32(38)24-37(29-18-12-17-28(34)22-29)42(40,41)30-19-10-5-11-20-30/h3-20,22,25,31H,21,23-24H2,1-2H3,(H,35,39)/t31-/m1/s1. The number of anilines is 1. The minimum Gasteiger partial charge on any atom is -0.352 e. The van der Waals surface area contributed by atoms with Crippen molar-refractivity contribution in [3.8, 4) is 0 Å². The highest BCUT2D eigenvalue weighted by atomic mass is 35.5. The molecule has 0 aromatic heterocycles. The Kier molecular flexibility index (Phi) is 10.4. The highest BCUT2D eigenvalue weighted by molar-refractivity contribution is 7.92. The van der Waals surface area contributed by atoms with Gasteiger partial charge in [0.15, 0.2) is 0 Å². The lowest BCUT2D eigenvalue weighted by molar-refractivity contribution is -0.140. The first-order chi connectivity index (χ1) is 20.1. The van der Waals surface area contributed by atoms with E-state index in [2.05, 4.69) is 5.32 Å². The average molecular weight is 604 g/mol. The summed E-state index contributed by atoms with van der Waals surface area (Å²) in [6.07, 6.45) is 0.251. The summed E-state index contributed by atoms with van der Waals surface area (Å²) in [5.41, 5.74) is 1.92. The summed E-state index contributed by atoms with van der Waals surface area (Å²) in [6, 6.07) is 32.0. The van der Waals surface area contributed by atoms with Gasteiger partial charge < -0.3 is 10.2 Å². The van der Waals surface area contributed by atoms with Crippen molar-refractivity contribution in [3.05, 3.63) is 131 Å². The van der Waals surface area contributed by atoms with E-state index in [1.165, 1.54) is 23.1 Å². The minimum atomic E-state index is -4.17. The second kappa shape index (κ2) is 14.2. The van der Waals surface area contributed by atoms with Crippen LogP contribution in [-0.2, 0) is 32.6 Å². The molecule has 0 saturated heterocycles. The summed E-state index contributed by atoms with van der Waals surface area (Å²) in [5.74, 6) is -0.850. The van der Waals surface area contributed by atoms with Gasteiger partial charge in [0.05, 0.1) is 10.6 Å². The zero-order valence-corrected chi connectivity index (χ0v) is 25.1. The number of carbonyl (C=O) groups is 2. The molecule has 2 amide bonds. The normalized spacial score (nSPS) is 12.0. The number of sulfonamides is 1. The van der Waals surface area contributed by atoms with Gasteiger partial charge in [-0.3, -0.25) is 13.9 Å². The topological polar surface area (TPSA) is 86.8 Å². The lowest BCUT2D eigenvalue weighted by Crippen LogP contribution is -2.54. The molecule has 0 saturated carbocycles. The van der Waals surface area contributed by atoms with Gasteiger partial charge in [-0.25, -0.2) is 8.42 Å². The number of hydrogen-bond donors (Lipinski definition) is 1. The molecule has 4 rings (SSSR count). The summed E-state index contributed by atoms with van der Waals surface area (Å²) < 4.78 is 28.9. The average Bonchev–Trinajstić information content (AvgIpc) is 2.98. The smallest absolute Gasteiger partial charge is 0.264 e. The van der Waals surface area contributed by atoms with Gasteiger partial charge in [-0.1, -0.05) is 96.5 Å². The monoisotopic (exact) mass is 603 g/mol. The molecule has 0 bridgehead atoms. The molecule has 42 heavy (non-hydrogen) atoms. The van der Waals surface area contributed by atoms with E-state index in [1.54, 1.807) is 36.4 Å². The van der Waals surface area contributed by atoms with Gasteiger partial charge in [-0.05, 0) is 55.3 Å². The van der Waals surface area contributed by atoms with E-state index < -0.39 is 28.5 Å². The van der Waals surface area contributed by atoms with Crippen LogP contribution in [0.1, 0.15) is 25.0 Å². The molecule has 0 unspecified atom stereocenters. The van der Waals surface area contributed by atoms with Crippen molar-refractivity contribution in [2.24, 2.45) is 0 Å². The molecule has 9 heteroatoms. The maximum Gasteiger partial charge on any atom is 0.264 e. The van der Waals surface area contributed by atoms with Crippen LogP contribution >= 0.6 is 11.6 Å². The Balaban J connectivity index is 1.79. The van der Waals surface area contributed by atoms with Crippen molar-refractivity contribution in [2.75, 3.05) is 10.8 Å². The quantitative estimate of drug-likeness (QED) is 0.225. The Morgan fingerprint density at radius 1 is 0.786 bits per heavy atom. The number of hydrogen-bond acceptors (Lipinski definition) is 4. The van der Waals surface area contributed by atoms with Crippen LogP contribution in [-0.4, -0.2) is 43.8 Å². The largest absolute Gasteiger partial charge is 0.352 e. The molecule has 0 spiro atoms. The first-order valence-electron chi connectivity index (χ1n) is 13.7. The predicted octanol–water partition coefficient (Wildman–Crippen LogP) is 5.70. The van der Waals surface area contributed by atoms with Gasteiger partial charge in [0.2, 0.25) is 11.8 Å². The summed E-state index contributed by atoms with van der Waals surface area (Å²) in [6.45, 7) is 3.28. The number of halogens is 1. The van der Waals surface area contributed by atoms with Gasteiger partial charge in [0, 0.05) is 24.0 Å². The van der Waals surface area contributed by atoms with Crippen molar-refractivity contribution in [1.29, 1.82) is 0 Å². The van der Waals surface area contributed by atoms with E-state index in [9.17, 15) is 18.0 Å². The number of nitrogens with one attached hydrogen (secondary N) is 1. The summed E-state index contributed by atoms with van der Waals surface area (Å²) in [5, 5.41) is 3.28. The molecule has 0 aliphatic carbocycles. The first-order valence-corrected chi connectivity index (χ1v) is 15.5. The van der Waals surface area contributed by atoms with Gasteiger partial charge in [0.25, 0.3) is 10.0 Å². The van der Waals surface area contributed by atoms with Gasteiger partial charge >= 0.3 is 0 Å². The van der Waals surface area contributed by atoms with Crippen LogP contribution in [0.4, 0.5) is 5.69 Å². The van der Waals surface area contributed by atoms with Crippen LogP contribution in [0.15, 0.2) is 120 Å². The van der Waals surface area contributed by atoms with Crippen LogP contribution < -0.4 is 9.62 Å². The van der Waals surface area contributed by atoms with Crippen molar-refractivity contribution >= 4 is 39.1 Å². The van der Waals surface area contributed by atoms with Crippen LogP contribution in [0.2, 0.25) is 5.02 Å². The Hall–Kier alpha value is -4.14. The minimum absolute atomic E-state index is 0.0331. The van der Waals surface area contributed by atoms with Crippen molar-refractivity contribution in [1.82, 2.24) is 10.2 Å².